The maximum Gasteiger partial charge on any atom is 0.307 e. The highest BCUT2D eigenvalue weighted by atomic mass is 16.5. The van der Waals surface area contributed by atoms with E-state index in [1.165, 1.54) is 0 Å². The van der Waals surface area contributed by atoms with Gasteiger partial charge in [0.25, 0.3) is 5.88 Å². The minimum atomic E-state index is -0.867. The zero-order chi connectivity index (χ0) is 14.8. The monoisotopic (exact) mass is 284 g/mol. The van der Waals surface area contributed by atoms with Gasteiger partial charge in [0.2, 0.25) is 5.65 Å². The fraction of sp³-hybridized carbons (Fsp3) is 0.143. The summed E-state index contributed by atoms with van der Waals surface area (Å²) in [5, 5.41) is 16.7. The Labute approximate surface area is 119 Å². The number of hydrogen-bond acceptors (Lipinski definition) is 5. The molecule has 1 N–H and O–H groups in total. The number of benzene rings is 1. The lowest BCUT2D eigenvalue weighted by atomic mass is 10.1. The van der Waals surface area contributed by atoms with E-state index in [1.807, 2.05) is 6.92 Å². The average molecular weight is 284 g/mol. The molecule has 1 aromatic carbocycles. The van der Waals surface area contributed by atoms with Gasteiger partial charge in [-0.15, -0.1) is 10.2 Å². The number of carbonyl (C=O) groups is 1. The fourth-order valence-corrected chi connectivity index (χ4v) is 1.95. The first-order valence-electron chi connectivity index (χ1n) is 6.28. The van der Waals surface area contributed by atoms with Crippen LogP contribution in [0.2, 0.25) is 0 Å². The zero-order valence-corrected chi connectivity index (χ0v) is 11.2. The zero-order valence-electron chi connectivity index (χ0n) is 11.2. The quantitative estimate of drug-likeness (QED) is 0.786. The van der Waals surface area contributed by atoms with Crippen molar-refractivity contribution in [1.29, 1.82) is 0 Å². The van der Waals surface area contributed by atoms with E-state index in [0.717, 1.165) is 5.82 Å². The highest BCUT2D eigenvalue weighted by Gasteiger charge is 2.10. The van der Waals surface area contributed by atoms with Crippen LogP contribution in [0.3, 0.4) is 0 Å². The molecule has 0 aliphatic heterocycles. The van der Waals surface area contributed by atoms with E-state index < -0.39 is 5.97 Å². The molecule has 0 bridgehead atoms. The lowest BCUT2D eigenvalue weighted by Crippen LogP contribution is -1.99. The summed E-state index contributed by atoms with van der Waals surface area (Å²) in [6.45, 7) is 1.84. The molecular formula is C14H12N4O3. The number of aromatic nitrogens is 4. The molecule has 2 aromatic heterocycles. The van der Waals surface area contributed by atoms with Gasteiger partial charge in [0.15, 0.2) is 0 Å². The first-order chi connectivity index (χ1) is 10.1. The van der Waals surface area contributed by atoms with Gasteiger partial charge in [0, 0.05) is 12.4 Å². The first-order valence-corrected chi connectivity index (χ1v) is 6.28. The van der Waals surface area contributed by atoms with Crippen molar-refractivity contribution >= 4 is 11.6 Å². The van der Waals surface area contributed by atoms with E-state index in [9.17, 15) is 4.79 Å². The summed E-state index contributed by atoms with van der Waals surface area (Å²) >= 11 is 0. The molecule has 3 rings (SSSR count). The molecular weight excluding hydrogens is 272 g/mol. The number of aliphatic carboxylic acids is 1. The maximum absolute atomic E-state index is 10.6. The van der Waals surface area contributed by atoms with E-state index >= 15 is 0 Å². The van der Waals surface area contributed by atoms with E-state index in [1.54, 1.807) is 41.1 Å². The minimum Gasteiger partial charge on any atom is -0.481 e. The van der Waals surface area contributed by atoms with Gasteiger partial charge < -0.3 is 9.84 Å². The van der Waals surface area contributed by atoms with Crippen LogP contribution in [0.5, 0.6) is 11.6 Å². The van der Waals surface area contributed by atoms with Crippen molar-refractivity contribution in [3.05, 3.63) is 48.0 Å². The predicted octanol–water partition coefficient (Wildman–Crippen LogP) is 1.85. The van der Waals surface area contributed by atoms with Crippen LogP contribution in [0.1, 0.15) is 11.4 Å². The van der Waals surface area contributed by atoms with Crippen LogP contribution in [0, 0.1) is 6.92 Å². The molecule has 0 atom stereocenters. The molecule has 7 heteroatoms. The normalized spacial score (nSPS) is 10.7. The minimum absolute atomic E-state index is 0.0164. The summed E-state index contributed by atoms with van der Waals surface area (Å²) in [6, 6.07) is 6.82. The highest BCUT2D eigenvalue weighted by Crippen LogP contribution is 2.23. The van der Waals surface area contributed by atoms with Crippen LogP contribution in [0.25, 0.3) is 5.65 Å². The summed E-state index contributed by atoms with van der Waals surface area (Å²) < 4.78 is 7.46. The average Bonchev–Trinajstić information content (AvgIpc) is 2.83. The van der Waals surface area contributed by atoms with Crippen molar-refractivity contribution < 1.29 is 14.6 Å². The standard InChI is InChI=1S/C14H12N4O3/c1-9-16-17-13-14(15-6-7-18(9)13)21-11-4-2-10(3-5-11)8-12(19)20/h2-7H,8H2,1H3,(H,19,20). The van der Waals surface area contributed by atoms with Gasteiger partial charge in [0.1, 0.15) is 11.6 Å². The maximum atomic E-state index is 10.6. The summed E-state index contributed by atoms with van der Waals surface area (Å²) in [6.07, 6.45) is 3.35. The Kier molecular flexibility index (Phi) is 3.23. The van der Waals surface area contributed by atoms with Crippen molar-refractivity contribution in [2.75, 3.05) is 0 Å². The second-order valence-corrected chi connectivity index (χ2v) is 4.49. The Morgan fingerprint density at radius 1 is 1.29 bits per heavy atom. The van der Waals surface area contributed by atoms with Gasteiger partial charge >= 0.3 is 5.97 Å². The smallest absolute Gasteiger partial charge is 0.307 e. The molecule has 21 heavy (non-hydrogen) atoms. The largest absolute Gasteiger partial charge is 0.481 e. The summed E-state index contributed by atoms with van der Waals surface area (Å²) in [7, 11) is 0. The van der Waals surface area contributed by atoms with Gasteiger partial charge in [0.05, 0.1) is 6.42 Å². The fourth-order valence-electron chi connectivity index (χ4n) is 1.95. The summed E-state index contributed by atoms with van der Waals surface area (Å²) in [5.74, 6) is 0.789. The number of fused-ring (bicyclic) bond motifs is 1. The van der Waals surface area contributed by atoms with Crippen LogP contribution >= 0.6 is 0 Å². The van der Waals surface area contributed by atoms with Crippen LogP contribution in [-0.2, 0) is 11.2 Å². The number of nitrogens with zero attached hydrogens (tertiary/aromatic N) is 4. The van der Waals surface area contributed by atoms with Gasteiger partial charge in [-0.2, -0.15) is 0 Å². The van der Waals surface area contributed by atoms with Gasteiger partial charge in [-0.25, -0.2) is 4.98 Å². The van der Waals surface area contributed by atoms with Gasteiger partial charge in [-0.1, -0.05) is 12.1 Å². The Bertz CT molecular complexity index is 796. The Morgan fingerprint density at radius 3 is 2.76 bits per heavy atom. The molecule has 0 saturated heterocycles. The molecule has 0 aliphatic carbocycles. The third-order valence-electron chi connectivity index (χ3n) is 2.96. The van der Waals surface area contributed by atoms with Crippen molar-refractivity contribution in [3.8, 4) is 11.6 Å². The van der Waals surface area contributed by atoms with E-state index in [-0.39, 0.29) is 6.42 Å². The molecule has 2 heterocycles. The van der Waals surface area contributed by atoms with Crippen molar-refractivity contribution in [2.24, 2.45) is 0 Å². The molecule has 7 nitrogen and oxygen atoms in total. The molecule has 0 fully saturated rings. The molecule has 0 radical (unpaired) electrons. The lowest BCUT2D eigenvalue weighted by molar-refractivity contribution is -0.136. The van der Waals surface area contributed by atoms with Crippen LogP contribution in [-0.4, -0.2) is 30.7 Å². The number of ether oxygens (including phenoxy) is 1. The van der Waals surface area contributed by atoms with Crippen molar-refractivity contribution in [1.82, 2.24) is 19.6 Å². The highest BCUT2D eigenvalue weighted by molar-refractivity contribution is 5.70. The number of aryl methyl sites for hydroxylation is 1. The van der Waals surface area contributed by atoms with Crippen LogP contribution in [0.15, 0.2) is 36.7 Å². The molecule has 0 saturated carbocycles. The third kappa shape index (κ3) is 2.66. The van der Waals surface area contributed by atoms with Gasteiger partial charge in [-0.05, 0) is 24.6 Å². The molecule has 0 amide bonds. The number of carboxylic acid groups (broad SMARTS) is 1. The van der Waals surface area contributed by atoms with E-state index in [4.69, 9.17) is 9.84 Å². The number of carboxylic acids is 1. The van der Waals surface area contributed by atoms with Crippen molar-refractivity contribution in [3.63, 3.8) is 0 Å². The van der Waals surface area contributed by atoms with E-state index in [2.05, 4.69) is 15.2 Å². The summed E-state index contributed by atoms with van der Waals surface area (Å²) in [4.78, 5) is 14.8. The Morgan fingerprint density at radius 2 is 2.05 bits per heavy atom. The summed E-state index contributed by atoms with van der Waals surface area (Å²) in [5.41, 5.74) is 1.24. The lowest BCUT2D eigenvalue weighted by Gasteiger charge is -2.06. The topological polar surface area (TPSA) is 89.6 Å². The number of rotatable bonds is 4. The van der Waals surface area contributed by atoms with Gasteiger partial charge in [-0.3, -0.25) is 9.20 Å². The Balaban J connectivity index is 1.86. The predicted molar refractivity (Wildman–Crippen MR) is 73.4 cm³/mol. The van der Waals surface area contributed by atoms with Crippen molar-refractivity contribution in [2.45, 2.75) is 13.3 Å². The second kappa shape index (κ2) is 5.20. The molecule has 0 spiro atoms. The van der Waals surface area contributed by atoms with Crippen LogP contribution in [0.4, 0.5) is 0 Å². The SMILES string of the molecule is Cc1nnc2c(Oc3ccc(CC(=O)O)cc3)nccn12. The number of hydrogen-bond donors (Lipinski definition) is 1. The first kappa shape index (κ1) is 13.0. The molecule has 0 aliphatic rings. The third-order valence-corrected chi connectivity index (χ3v) is 2.96. The van der Waals surface area contributed by atoms with Crippen LogP contribution < -0.4 is 4.74 Å². The molecule has 0 unspecified atom stereocenters. The second-order valence-electron chi connectivity index (χ2n) is 4.49. The Hall–Kier alpha value is -2.96. The molecule has 3 aromatic rings. The molecule has 106 valence electrons. The van der Waals surface area contributed by atoms with E-state index in [0.29, 0.717) is 22.8 Å².